The molecule has 0 aliphatic rings. The summed E-state index contributed by atoms with van der Waals surface area (Å²) in [4.78, 5) is -0.288. The predicted molar refractivity (Wildman–Crippen MR) is 45.7 cm³/mol. The summed E-state index contributed by atoms with van der Waals surface area (Å²) in [6.07, 6.45) is 4.94. The highest BCUT2D eigenvalue weighted by Crippen LogP contribution is 2.12. The van der Waals surface area contributed by atoms with E-state index in [9.17, 15) is 12.8 Å². The molecule has 0 saturated heterocycles. The lowest BCUT2D eigenvalue weighted by Crippen LogP contribution is -2.12. The number of hydrogen-bond acceptors (Lipinski definition) is 2. The zero-order chi connectivity index (χ0) is 10.1. The maximum atomic E-state index is 12.9. The number of sulfonamides is 1. The van der Waals surface area contributed by atoms with Crippen molar-refractivity contribution in [1.82, 2.24) is 0 Å². The van der Waals surface area contributed by atoms with E-state index >= 15 is 0 Å². The van der Waals surface area contributed by atoms with Crippen LogP contribution in [0.5, 0.6) is 0 Å². The van der Waals surface area contributed by atoms with Crippen LogP contribution in [0.1, 0.15) is 5.56 Å². The Balaban J connectivity index is 3.36. The van der Waals surface area contributed by atoms with Crippen molar-refractivity contribution in [3.05, 3.63) is 29.6 Å². The molecule has 3 nitrogen and oxygen atoms in total. The van der Waals surface area contributed by atoms with Crippen molar-refractivity contribution in [2.24, 2.45) is 5.14 Å². The van der Waals surface area contributed by atoms with Crippen molar-refractivity contribution < 1.29 is 12.8 Å². The summed E-state index contributed by atoms with van der Waals surface area (Å²) in [5.74, 6) is 1.29. The fourth-order valence-electron chi connectivity index (χ4n) is 0.790. The monoisotopic (exact) mass is 199 g/mol. The van der Waals surface area contributed by atoms with Crippen molar-refractivity contribution >= 4 is 10.0 Å². The number of halogens is 1. The zero-order valence-electron chi connectivity index (χ0n) is 6.49. The van der Waals surface area contributed by atoms with E-state index in [2.05, 4.69) is 5.92 Å². The Morgan fingerprint density at radius 3 is 2.46 bits per heavy atom. The van der Waals surface area contributed by atoms with Crippen LogP contribution in [-0.4, -0.2) is 8.42 Å². The van der Waals surface area contributed by atoms with Gasteiger partial charge in [-0.15, -0.1) is 6.42 Å². The highest BCUT2D eigenvalue weighted by atomic mass is 32.2. The topological polar surface area (TPSA) is 60.2 Å². The molecule has 1 rings (SSSR count). The van der Waals surface area contributed by atoms with E-state index in [1.54, 1.807) is 0 Å². The Morgan fingerprint density at radius 1 is 1.46 bits per heavy atom. The molecule has 0 aliphatic heterocycles. The Labute approximate surface area is 75.4 Å². The SMILES string of the molecule is C#Cc1ccc(S(N)(=O)=O)cc1F. The second kappa shape index (κ2) is 3.17. The average Bonchev–Trinajstić information content (AvgIpc) is 2.02. The van der Waals surface area contributed by atoms with Crippen LogP contribution >= 0.6 is 0 Å². The van der Waals surface area contributed by atoms with Crippen LogP contribution in [0, 0.1) is 18.2 Å². The van der Waals surface area contributed by atoms with Crippen LogP contribution in [0.2, 0.25) is 0 Å². The van der Waals surface area contributed by atoms with Gasteiger partial charge in [0.05, 0.1) is 10.5 Å². The Morgan fingerprint density at radius 2 is 2.08 bits per heavy atom. The summed E-state index contributed by atoms with van der Waals surface area (Å²) in [5.41, 5.74) is 0.00685. The van der Waals surface area contributed by atoms with Crippen molar-refractivity contribution in [2.45, 2.75) is 4.90 Å². The van der Waals surface area contributed by atoms with Crippen molar-refractivity contribution in [2.75, 3.05) is 0 Å². The molecule has 13 heavy (non-hydrogen) atoms. The molecule has 0 saturated carbocycles. The predicted octanol–water partition coefficient (Wildman–Crippen LogP) is 0.454. The molecule has 2 N–H and O–H groups in total. The molecule has 68 valence electrons. The van der Waals surface area contributed by atoms with E-state index in [1.807, 2.05) is 0 Å². The van der Waals surface area contributed by atoms with Crippen molar-refractivity contribution in [3.63, 3.8) is 0 Å². The minimum absolute atomic E-state index is 0.00685. The Kier molecular flexibility index (Phi) is 2.36. The van der Waals surface area contributed by atoms with Crippen LogP contribution in [0.3, 0.4) is 0 Å². The van der Waals surface area contributed by atoms with Gasteiger partial charge < -0.3 is 0 Å². The van der Waals surface area contributed by atoms with Gasteiger partial charge in [-0.2, -0.15) is 0 Å². The second-order valence-electron chi connectivity index (χ2n) is 2.33. The van der Waals surface area contributed by atoms with Gasteiger partial charge in [0, 0.05) is 0 Å². The molecule has 0 aliphatic carbocycles. The van der Waals surface area contributed by atoms with Gasteiger partial charge in [0.15, 0.2) is 0 Å². The number of rotatable bonds is 1. The van der Waals surface area contributed by atoms with Crippen molar-refractivity contribution in [3.8, 4) is 12.3 Å². The third-order valence-corrected chi connectivity index (χ3v) is 2.34. The van der Waals surface area contributed by atoms with Gasteiger partial charge in [0.1, 0.15) is 5.82 Å². The molecule has 0 unspecified atom stereocenters. The lowest BCUT2D eigenvalue weighted by atomic mass is 10.2. The van der Waals surface area contributed by atoms with E-state index < -0.39 is 15.8 Å². The maximum Gasteiger partial charge on any atom is 0.238 e. The summed E-state index contributed by atoms with van der Waals surface area (Å²) in [6, 6.07) is 3.15. The minimum Gasteiger partial charge on any atom is -0.225 e. The lowest BCUT2D eigenvalue weighted by molar-refractivity contribution is 0.591. The molecule has 0 atom stereocenters. The van der Waals surface area contributed by atoms with E-state index in [4.69, 9.17) is 11.6 Å². The Hall–Kier alpha value is -1.38. The van der Waals surface area contributed by atoms with Crippen molar-refractivity contribution in [1.29, 1.82) is 0 Å². The molecule has 0 spiro atoms. The molecule has 0 amide bonds. The lowest BCUT2D eigenvalue weighted by Gasteiger charge is -1.98. The summed E-state index contributed by atoms with van der Waals surface area (Å²) < 4.78 is 34.4. The van der Waals surface area contributed by atoms with E-state index in [0.717, 1.165) is 12.1 Å². The number of terminal acetylenes is 1. The van der Waals surface area contributed by atoms with Gasteiger partial charge in [-0.05, 0) is 18.2 Å². The number of benzene rings is 1. The quantitative estimate of drug-likeness (QED) is 0.668. The summed E-state index contributed by atoms with van der Waals surface area (Å²) in [6.45, 7) is 0. The van der Waals surface area contributed by atoms with Crippen LogP contribution < -0.4 is 5.14 Å². The highest BCUT2D eigenvalue weighted by Gasteiger charge is 2.09. The molecule has 0 fully saturated rings. The minimum atomic E-state index is -3.86. The summed E-state index contributed by atoms with van der Waals surface area (Å²) >= 11 is 0. The third-order valence-electron chi connectivity index (χ3n) is 1.42. The molecule has 0 heterocycles. The highest BCUT2D eigenvalue weighted by molar-refractivity contribution is 7.89. The van der Waals surface area contributed by atoms with Gasteiger partial charge in [0.25, 0.3) is 0 Å². The van der Waals surface area contributed by atoms with E-state index in [-0.39, 0.29) is 10.5 Å². The smallest absolute Gasteiger partial charge is 0.225 e. The summed E-state index contributed by atoms with van der Waals surface area (Å²) in [7, 11) is -3.86. The fraction of sp³-hybridized carbons (Fsp3) is 0. The largest absolute Gasteiger partial charge is 0.238 e. The first kappa shape index (κ1) is 9.71. The number of nitrogens with two attached hydrogens (primary N) is 1. The maximum absolute atomic E-state index is 12.9. The van der Waals surface area contributed by atoms with Gasteiger partial charge in [-0.3, -0.25) is 0 Å². The van der Waals surface area contributed by atoms with Crippen LogP contribution in [0.15, 0.2) is 23.1 Å². The van der Waals surface area contributed by atoms with Gasteiger partial charge in [-0.1, -0.05) is 5.92 Å². The molecular formula is C8H6FNO2S. The standard InChI is InChI=1S/C8H6FNO2S/c1-2-6-3-4-7(5-8(6)9)13(10,11)12/h1,3-5H,(H2,10,11,12). The molecule has 1 aromatic carbocycles. The number of primary sulfonamides is 1. The molecule has 0 bridgehead atoms. The third kappa shape index (κ3) is 2.05. The average molecular weight is 199 g/mol. The molecule has 1 aromatic rings. The summed E-state index contributed by atoms with van der Waals surface area (Å²) in [5, 5.41) is 4.77. The van der Waals surface area contributed by atoms with E-state index in [1.165, 1.54) is 6.07 Å². The number of hydrogen-bond donors (Lipinski definition) is 1. The first-order valence-corrected chi connectivity index (χ1v) is 4.79. The first-order chi connectivity index (χ1) is 5.95. The Bertz CT molecular complexity index is 473. The molecular weight excluding hydrogens is 193 g/mol. The zero-order valence-corrected chi connectivity index (χ0v) is 7.31. The van der Waals surface area contributed by atoms with Crippen LogP contribution in [0.4, 0.5) is 4.39 Å². The van der Waals surface area contributed by atoms with E-state index in [0.29, 0.717) is 0 Å². The normalized spacial score (nSPS) is 10.8. The van der Waals surface area contributed by atoms with Crippen LogP contribution in [0.25, 0.3) is 0 Å². The fourth-order valence-corrected chi connectivity index (χ4v) is 1.32. The molecule has 0 aromatic heterocycles. The first-order valence-electron chi connectivity index (χ1n) is 3.24. The second-order valence-corrected chi connectivity index (χ2v) is 3.89. The van der Waals surface area contributed by atoms with Gasteiger partial charge >= 0.3 is 0 Å². The van der Waals surface area contributed by atoms with Gasteiger partial charge in [-0.25, -0.2) is 17.9 Å². The van der Waals surface area contributed by atoms with Crippen LogP contribution in [-0.2, 0) is 10.0 Å². The van der Waals surface area contributed by atoms with Gasteiger partial charge in [0.2, 0.25) is 10.0 Å². The molecule has 5 heteroatoms. The molecule has 0 radical (unpaired) electrons.